The number of aromatic amines is 1. The molecule has 3 heteroatoms. The first kappa shape index (κ1) is 17.7. The van der Waals surface area contributed by atoms with Crippen LogP contribution in [-0.2, 0) is 11.8 Å². The topological polar surface area (TPSA) is 27.8 Å². The second-order valence-electron chi connectivity index (χ2n) is 5.95. The minimum absolute atomic E-state index is 0.0972. The molecule has 0 amide bonds. The van der Waals surface area contributed by atoms with Gasteiger partial charge in [-0.2, -0.15) is 0 Å². The first-order chi connectivity index (χ1) is 11.1. The van der Waals surface area contributed by atoms with Gasteiger partial charge < -0.3 is 10.3 Å². The maximum atomic E-state index is 4.40. The van der Waals surface area contributed by atoms with E-state index in [9.17, 15) is 0 Å². The van der Waals surface area contributed by atoms with Crippen LogP contribution in [0.15, 0.2) is 47.5 Å². The molecule has 124 valence electrons. The van der Waals surface area contributed by atoms with E-state index >= 15 is 0 Å². The normalized spacial score (nSPS) is 17.1. The summed E-state index contributed by atoms with van der Waals surface area (Å²) < 4.78 is 0. The number of likely N-dealkylation sites (N-methyl/N-ethyl adjacent to an activating group) is 1. The smallest absolute Gasteiger partial charge is 0.0338 e. The van der Waals surface area contributed by atoms with Crippen molar-refractivity contribution in [1.82, 2.24) is 10.3 Å². The van der Waals surface area contributed by atoms with E-state index in [2.05, 4.69) is 61.1 Å². The molecule has 1 aromatic rings. The molecule has 2 N–H and O–H groups in total. The lowest BCUT2D eigenvalue weighted by Crippen LogP contribution is -2.35. The van der Waals surface area contributed by atoms with Crippen LogP contribution in [0, 0.1) is 0 Å². The standard InChI is InChI=1S/C20H28N2S/c1-6-12-23-15(4)20(10-9-11-20)18-14-22-19(8-3)17(18)13-16(7-2)21-5/h6-7,12-14,21-22H,2,4,8-11H2,1,3,5H3/b12-6-,16-13+. The van der Waals surface area contributed by atoms with Gasteiger partial charge in [0.25, 0.3) is 0 Å². The van der Waals surface area contributed by atoms with Crippen molar-refractivity contribution >= 4 is 17.8 Å². The van der Waals surface area contributed by atoms with E-state index in [1.54, 1.807) is 11.8 Å². The third-order valence-corrected chi connectivity index (χ3v) is 5.85. The van der Waals surface area contributed by atoms with E-state index in [0.29, 0.717) is 0 Å². The van der Waals surface area contributed by atoms with Gasteiger partial charge in [0.05, 0.1) is 0 Å². The molecule has 1 aliphatic rings. The van der Waals surface area contributed by atoms with Gasteiger partial charge in [-0.1, -0.05) is 32.6 Å². The van der Waals surface area contributed by atoms with Crippen molar-refractivity contribution in [3.8, 4) is 0 Å². The van der Waals surface area contributed by atoms with E-state index in [4.69, 9.17) is 0 Å². The maximum absolute atomic E-state index is 4.40. The van der Waals surface area contributed by atoms with Crippen molar-refractivity contribution in [2.24, 2.45) is 0 Å². The average Bonchev–Trinajstić information content (AvgIpc) is 2.92. The predicted molar refractivity (Wildman–Crippen MR) is 104 cm³/mol. The second-order valence-corrected chi connectivity index (χ2v) is 6.95. The number of thioether (sulfide) groups is 1. The van der Waals surface area contributed by atoms with Gasteiger partial charge in [-0.25, -0.2) is 0 Å². The van der Waals surface area contributed by atoms with Gasteiger partial charge >= 0.3 is 0 Å². The van der Waals surface area contributed by atoms with Crippen LogP contribution in [0.2, 0.25) is 0 Å². The van der Waals surface area contributed by atoms with E-state index in [-0.39, 0.29) is 5.41 Å². The Balaban J connectivity index is 2.49. The number of allylic oxidation sites excluding steroid dienone is 3. The third kappa shape index (κ3) is 3.35. The zero-order chi connectivity index (χ0) is 16.9. The first-order valence-corrected chi connectivity index (χ1v) is 9.20. The van der Waals surface area contributed by atoms with E-state index < -0.39 is 0 Å². The summed E-state index contributed by atoms with van der Waals surface area (Å²) in [5, 5.41) is 5.34. The molecule has 0 unspecified atom stereocenters. The van der Waals surface area contributed by atoms with Crippen LogP contribution in [0.5, 0.6) is 0 Å². The SMILES string of the molecule is C=C/C(=C\c1c(C2(C(=C)S/C=C\C)CCC2)c[nH]c1CC)NC. The van der Waals surface area contributed by atoms with Crippen LogP contribution in [0.4, 0.5) is 0 Å². The fourth-order valence-corrected chi connectivity index (χ4v) is 4.05. The van der Waals surface area contributed by atoms with Crippen LogP contribution >= 0.6 is 11.8 Å². The van der Waals surface area contributed by atoms with E-state index in [1.165, 1.54) is 41.0 Å². The number of aryl methyl sites for hydroxylation is 1. The number of hydrogen-bond donors (Lipinski definition) is 2. The van der Waals surface area contributed by atoms with Crippen molar-refractivity contribution in [2.75, 3.05) is 7.05 Å². The van der Waals surface area contributed by atoms with Gasteiger partial charge in [-0.15, -0.1) is 11.8 Å². The van der Waals surface area contributed by atoms with Crippen LogP contribution in [0.25, 0.3) is 6.08 Å². The zero-order valence-electron chi connectivity index (χ0n) is 14.5. The van der Waals surface area contributed by atoms with Crippen LogP contribution in [-0.4, -0.2) is 12.0 Å². The predicted octanol–water partition coefficient (Wildman–Crippen LogP) is 5.53. The molecular weight excluding hydrogens is 300 g/mol. The molecule has 23 heavy (non-hydrogen) atoms. The lowest BCUT2D eigenvalue weighted by atomic mass is 9.64. The van der Waals surface area contributed by atoms with Gasteiger partial charge in [-0.3, -0.25) is 0 Å². The lowest BCUT2D eigenvalue weighted by Gasteiger charge is -2.43. The lowest BCUT2D eigenvalue weighted by molar-refractivity contribution is 0.309. The molecule has 0 radical (unpaired) electrons. The molecule has 0 saturated heterocycles. The largest absolute Gasteiger partial charge is 0.388 e. The van der Waals surface area contributed by atoms with Crippen molar-refractivity contribution in [1.29, 1.82) is 0 Å². The molecule has 0 aliphatic heterocycles. The molecular formula is C20H28N2S. The highest BCUT2D eigenvalue weighted by Crippen LogP contribution is 2.54. The molecule has 2 rings (SSSR count). The monoisotopic (exact) mass is 328 g/mol. The van der Waals surface area contributed by atoms with Gasteiger partial charge in [0.2, 0.25) is 0 Å². The fourth-order valence-electron chi connectivity index (χ4n) is 3.21. The highest BCUT2D eigenvalue weighted by Gasteiger charge is 2.43. The van der Waals surface area contributed by atoms with Crippen molar-refractivity contribution in [2.45, 2.75) is 44.9 Å². The van der Waals surface area contributed by atoms with Gasteiger partial charge in [0.15, 0.2) is 0 Å². The van der Waals surface area contributed by atoms with E-state index in [0.717, 1.165) is 12.1 Å². The molecule has 0 atom stereocenters. The van der Waals surface area contributed by atoms with Crippen LogP contribution in [0.3, 0.4) is 0 Å². The number of aromatic nitrogens is 1. The Labute approximate surface area is 144 Å². The molecule has 1 fully saturated rings. The summed E-state index contributed by atoms with van der Waals surface area (Å²) in [7, 11) is 1.94. The number of nitrogens with one attached hydrogen (secondary N) is 2. The van der Waals surface area contributed by atoms with E-state index in [1.807, 2.05) is 13.1 Å². The number of H-pyrrole nitrogens is 1. The number of hydrogen-bond acceptors (Lipinski definition) is 2. The minimum Gasteiger partial charge on any atom is -0.388 e. The maximum Gasteiger partial charge on any atom is 0.0338 e. The van der Waals surface area contributed by atoms with Gasteiger partial charge in [0.1, 0.15) is 0 Å². The molecule has 2 nitrogen and oxygen atoms in total. The summed E-state index contributed by atoms with van der Waals surface area (Å²) in [5.41, 5.74) is 5.11. The second kappa shape index (κ2) is 7.78. The minimum atomic E-state index is 0.0972. The Bertz CT molecular complexity index is 630. The third-order valence-electron chi connectivity index (χ3n) is 4.77. The molecule has 1 heterocycles. The quantitative estimate of drug-likeness (QED) is 0.614. The van der Waals surface area contributed by atoms with Crippen molar-refractivity contribution < 1.29 is 0 Å². The molecule has 0 spiro atoms. The first-order valence-electron chi connectivity index (χ1n) is 8.32. The summed E-state index contributed by atoms with van der Waals surface area (Å²) in [5.74, 6) is 0. The van der Waals surface area contributed by atoms with Gasteiger partial charge in [0, 0.05) is 35.6 Å². The van der Waals surface area contributed by atoms with Crippen LogP contribution < -0.4 is 5.32 Å². The molecule has 1 saturated carbocycles. The van der Waals surface area contributed by atoms with Gasteiger partial charge in [-0.05, 0) is 54.2 Å². The summed E-state index contributed by atoms with van der Waals surface area (Å²) >= 11 is 1.76. The summed E-state index contributed by atoms with van der Waals surface area (Å²) in [4.78, 5) is 4.74. The fraction of sp³-hybridized carbons (Fsp3) is 0.400. The summed E-state index contributed by atoms with van der Waals surface area (Å²) in [6, 6.07) is 0. The van der Waals surface area contributed by atoms with Crippen molar-refractivity contribution in [3.63, 3.8) is 0 Å². The number of rotatable bonds is 8. The molecule has 0 aromatic carbocycles. The Morgan fingerprint density at radius 1 is 1.48 bits per heavy atom. The Hall–Kier alpha value is -1.61. The Morgan fingerprint density at radius 2 is 2.22 bits per heavy atom. The van der Waals surface area contributed by atoms with Crippen LogP contribution in [0.1, 0.15) is 49.9 Å². The Kier molecular flexibility index (Phi) is 6.00. The molecule has 0 bridgehead atoms. The van der Waals surface area contributed by atoms with Crippen molar-refractivity contribution in [3.05, 3.63) is 64.3 Å². The molecule has 1 aliphatic carbocycles. The molecule has 1 aromatic heterocycles. The summed E-state index contributed by atoms with van der Waals surface area (Å²) in [6.45, 7) is 12.5. The average molecular weight is 329 g/mol. The highest BCUT2D eigenvalue weighted by molar-refractivity contribution is 8.05. The summed E-state index contributed by atoms with van der Waals surface area (Å²) in [6.07, 6.45) is 13.0. The highest BCUT2D eigenvalue weighted by atomic mass is 32.2. The zero-order valence-corrected chi connectivity index (χ0v) is 15.4. The Morgan fingerprint density at radius 3 is 2.70 bits per heavy atom.